The zero-order valence-electron chi connectivity index (χ0n) is 16.1. The Balaban J connectivity index is 1.94. The smallest absolute Gasteiger partial charge is 0.302 e. The third-order valence-electron chi connectivity index (χ3n) is 4.83. The number of nitrogens with zero attached hydrogens (tertiary/aromatic N) is 3. The van der Waals surface area contributed by atoms with Crippen LogP contribution in [0.1, 0.15) is 17.2 Å². The molecular weight excluding hydrogens is 441 g/mol. The van der Waals surface area contributed by atoms with E-state index in [1.807, 2.05) is 0 Å². The number of methoxy groups -OCH3 is 1. The molecule has 4 rings (SSSR count). The summed E-state index contributed by atoms with van der Waals surface area (Å²) >= 11 is 12.2. The minimum Gasteiger partial charge on any atom is -0.507 e. The predicted molar refractivity (Wildman–Crippen MR) is 116 cm³/mol. The summed E-state index contributed by atoms with van der Waals surface area (Å²) in [6.07, 6.45) is 2.91. The van der Waals surface area contributed by atoms with Gasteiger partial charge < -0.3 is 9.84 Å². The van der Waals surface area contributed by atoms with Crippen molar-refractivity contribution >= 4 is 46.6 Å². The van der Waals surface area contributed by atoms with E-state index >= 15 is 0 Å². The Labute approximate surface area is 187 Å². The fourth-order valence-corrected chi connectivity index (χ4v) is 3.66. The number of rotatable bonds is 4. The molecule has 1 atom stereocenters. The van der Waals surface area contributed by atoms with E-state index in [1.54, 1.807) is 42.5 Å². The van der Waals surface area contributed by atoms with Gasteiger partial charge in [-0.15, -0.1) is 0 Å². The van der Waals surface area contributed by atoms with E-state index in [-0.39, 0.29) is 22.3 Å². The Morgan fingerprint density at radius 2 is 1.71 bits per heavy atom. The van der Waals surface area contributed by atoms with Gasteiger partial charge in [0.25, 0.3) is 5.78 Å². The molecule has 0 aliphatic carbocycles. The lowest BCUT2D eigenvalue weighted by Crippen LogP contribution is -2.31. The summed E-state index contributed by atoms with van der Waals surface area (Å²) in [5.41, 5.74) is 0.704. The van der Waals surface area contributed by atoms with E-state index in [2.05, 4.69) is 9.97 Å². The van der Waals surface area contributed by atoms with Crippen LogP contribution in [0.2, 0.25) is 10.0 Å². The van der Waals surface area contributed by atoms with Crippen LogP contribution in [0, 0.1) is 0 Å². The number of carbonyl (C=O) groups excluding carboxylic acids is 2. The number of hydrogen-bond acceptors (Lipinski definition) is 6. The van der Waals surface area contributed by atoms with Crippen molar-refractivity contribution in [2.75, 3.05) is 12.0 Å². The molecule has 0 saturated carbocycles. The van der Waals surface area contributed by atoms with Gasteiger partial charge in [0, 0.05) is 18.0 Å². The maximum absolute atomic E-state index is 13.0. The molecule has 1 amide bonds. The van der Waals surface area contributed by atoms with Gasteiger partial charge >= 0.3 is 5.91 Å². The zero-order valence-corrected chi connectivity index (χ0v) is 17.6. The number of halogens is 2. The Hall–Kier alpha value is -3.42. The molecule has 3 aromatic rings. The lowest BCUT2D eigenvalue weighted by atomic mass is 9.95. The first-order valence-electron chi connectivity index (χ1n) is 9.09. The van der Waals surface area contributed by atoms with Crippen LogP contribution in [0.4, 0.5) is 5.95 Å². The summed E-state index contributed by atoms with van der Waals surface area (Å²) in [6, 6.07) is 11.8. The van der Waals surface area contributed by atoms with Crippen molar-refractivity contribution in [1.82, 2.24) is 9.97 Å². The van der Waals surface area contributed by atoms with Gasteiger partial charge in [-0.1, -0.05) is 29.3 Å². The van der Waals surface area contributed by atoms with Gasteiger partial charge in [-0.05, 0) is 48.0 Å². The maximum Gasteiger partial charge on any atom is 0.302 e. The molecule has 0 spiro atoms. The molecule has 9 heteroatoms. The molecule has 31 heavy (non-hydrogen) atoms. The second kappa shape index (κ2) is 8.37. The Bertz CT molecular complexity index is 1200. The number of aliphatic hydroxyl groups is 1. The van der Waals surface area contributed by atoms with Crippen LogP contribution in [0.3, 0.4) is 0 Å². The number of amides is 1. The fourth-order valence-electron chi connectivity index (χ4n) is 3.36. The fraction of sp³-hybridized carbons (Fsp3) is 0.0909. The average Bonchev–Trinajstić information content (AvgIpc) is 3.06. The first kappa shape index (κ1) is 20.8. The highest BCUT2D eigenvalue weighted by Gasteiger charge is 2.48. The standard InChI is InChI=1S/C22H15Cl2N3O4/c1-31-14-6-3-12(4-7-14)19(28)17-18(13-5-8-15(23)16(24)11-13)27(21(30)20(17)29)22-25-9-2-10-26-22/h2-11,18,28H,1H3/b19-17-. The van der Waals surface area contributed by atoms with Gasteiger partial charge in [0.15, 0.2) is 0 Å². The van der Waals surface area contributed by atoms with E-state index < -0.39 is 17.7 Å². The molecule has 1 fully saturated rings. The number of benzene rings is 2. The van der Waals surface area contributed by atoms with Gasteiger partial charge in [-0.25, -0.2) is 9.97 Å². The van der Waals surface area contributed by atoms with Crippen LogP contribution in [0.15, 0.2) is 66.5 Å². The van der Waals surface area contributed by atoms with Crippen molar-refractivity contribution in [3.63, 3.8) is 0 Å². The molecule has 1 N–H and O–H groups in total. The summed E-state index contributed by atoms with van der Waals surface area (Å²) < 4.78 is 5.13. The largest absolute Gasteiger partial charge is 0.507 e. The van der Waals surface area contributed by atoms with Crippen molar-refractivity contribution in [1.29, 1.82) is 0 Å². The highest BCUT2D eigenvalue weighted by Crippen LogP contribution is 2.42. The maximum atomic E-state index is 13.0. The molecule has 156 valence electrons. The monoisotopic (exact) mass is 455 g/mol. The molecule has 1 aliphatic rings. The first-order valence-corrected chi connectivity index (χ1v) is 9.85. The van der Waals surface area contributed by atoms with E-state index in [0.717, 1.165) is 4.90 Å². The molecule has 1 unspecified atom stereocenters. The second-order valence-corrected chi connectivity index (χ2v) is 7.43. The number of carbonyl (C=O) groups is 2. The van der Waals surface area contributed by atoms with Gasteiger partial charge in [0.05, 0.1) is 28.8 Å². The van der Waals surface area contributed by atoms with Gasteiger partial charge in [0.1, 0.15) is 11.5 Å². The summed E-state index contributed by atoms with van der Waals surface area (Å²) in [5, 5.41) is 11.6. The topological polar surface area (TPSA) is 92.6 Å². The van der Waals surface area contributed by atoms with Crippen LogP contribution in [-0.4, -0.2) is 33.9 Å². The number of ketones is 1. The number of Topliss-reactive ketones (excluding diaryl/α,β-unsaturated/α-hetero) is 1. The number of anilines is 1. The summed E-state index contributed by atoms with van der Waals surface area (Å²) in [5.74, 6) is -1.46. The van der Waals surface area contributed by atoms with Crippen molar-refractivity contribution in [2.24, 2.45) is 0 Å². The van der Waals surface area contributed by atoms with E-state index in [4.69, 9.17) is 27.9 Å². The minimum absolute atomic E-state index is 0.0226. The van der Waals surface area contributed by atoms with Gasteiger partial charge in [-0.3, -0.25) is 14.5 Å². The summed E-state index contributed by atoms with van der Waals surface area (Å²) in [4.78, 5) is 35.3. The van der Waals surface area contributed by atoms with Crippen LogP contribution in [0.25, 0.3) is 5.76 Å². The molecule has 1 saturated heterocycles. The van der Waals surface area contributed by atoms with E-state index in [0.29, 0.717) is 21.9 Å². The van der Waals surface area contributed by atoms with Crippen molar-refractivity contribution in [2.45, 2.75) is 6.04 Å². The van der Waals surface area contributed by atoms with Crippen LogP contribution in [-0.2, 0) is 9.59 Å². The van der Waals surface area contributed by atoms with Crippen LogP contribution in [0.5, 0.6) is 5.75 Å². The molecule has 0 radical (unpaired) electrons. The molecule has 1 aromatic heterocycles. The molecule has 2 aromatic carbocycles. The van der Waals surface area contributed by atoms with Gasteiger partial charge in [0.2, 0.25) is 5.95 Å². The first-order chi connectivity index (χ1) is 14.9. The summed E-state index contributed by atoms with van der Waals surface area (Å²) in [6.45, 7) is 0. The zero-order chi connectivity index (χ0) is 22.1. The SMILES string of the molecule is COc1ccc(/C(O)=C2/C(=O)C(=O)N(c3ncccn3)C2c2ccc(Cl)c(Cl)c2)cc1. The predicted octanol–water partition coefficient (Wildman–Crippen LogP) is 4.42. The number of aliphatic hydroxyl groups excluding tert-OH is 1. The highest BCUT2D eigenvalue weighted by molar-refractivity contribution is 6.51. The lowest BCUT2D eigenvalue weighted by Gasteiger charge is -2.23. The third kappa shape index (κ3) is 3.73. The van der Waals surface area contributed by atoms with Crippen molar-refractivity contribution in [3.05, 3.63) is 87.7 Å². The van der Waals surface area contributed by atoms with Crippen LogP contribution >= 0.6 is 23.2 Å². The minimum atomic E-state index is -1.00. The third-order valence-corrected chi connectivity index (χ3v) is 5.57. The Morgan fingerprint density at radius 3 is 2.32 bits per heavy atom. The average molecular weight is 456 g/mol. The number of hydrogen-bond donors (Lipinski definition) is 1. The van der Waals surface area contributed by atoms with E-state index in [1.165, 1.54) is 25.6 Å². The van der Waals surface area contributed by atoms with Gasteiger partial charge in [-0.2, -0.15) is 0 Å². The Kier molecular flexibility index (Phi) is 5.63. The van der Waals surface area contributed by atoms with Crippen molar-refractivity contribution < 1.29 is 19.4 Å². The molecular formula is C22H15Cl2N3O4. The molecule has 2 heterocycles. The van der Waals surface area contributed by atoms with Crippen LogP contribution < -0.4 is 9.64 Å². The molecule has 1 aliphatic heterocycles. The second-order valence-electron chi connectivity index (χ2n) is 6.62. The lowest BCUT2D eigenvalue weighted by molar-refractivity contribution is -0.132. The van der Waals surface area contributed by atoms with Crippen molar-refractivity contribution in [3.8, 4) is 5.75 Å². The molecule has 7 nitrogen and oxygen atoms in total. The highest BCUT2D eigenvalue weighted by atomic mass is 35.5. The molecule has 0 bridgehead atoms. The summed E-state index contributed by atoms with van der Waals surface area (Å²) in [7, 11) is 1.52. The van der Waals surface area contributed by atoms with E-state index in [9.17, 15) is 14.7 Å². The Morgan fingerprint density at radius 1 is 1.03 bits per heavy atom. The number of aromatic nitrogens is 2. The normalized spacial score (nSPS) is 17.8. The number of ether oxygens (including phenoxy) is 1. The quantitative estimate of drug-likeness (QED) is 0.355.